The van der Waals surface area contributed by atoms with Gasteiger partial charge in [-0.1, -0.05) is 13.8 Å². The quantitative estimate of drug-likeness (QED) is 0.819. The van der Waals surface area contributed by atoms with E-state index < -0.39 is 15.8 Å². The van der Waals surface area contributed by atoms with Gasteiger partial charge in [0.25, 0.3) is 0 Å². The number of likely N-dealkylation sites (N-methyl/N-ethyl adjacent to an activating group) is 1. The predicted molar refractivity (Wildman–Crippen MR) is 71.1 cm³/mol. The largest absolute Gasteiger partial charge is 0.489 e. The second-order valence-corrected chi connectivity index (χ2v) is 5.57. The summed E-state index contributed by atoms with van der Waals surface area (Å²) in [6.45, 7) is 6.88. The lowest BCUT2D eigenvalue weighted by Crippen LogP contribution is -2.28. The molecule has 0 atom stereocenters. The number of nitrogens with zero attached hydrogens (tertiary/aromatic N) is 1. The Balaban J connectivity index is 2.66. The van der Waals surface area contributed by atoms with Crippen LogP contribution in [0.3, 0.4) is 0 Å². The van der Waals surface area contributed by atoms with Gasteiger partial charge >= 0.3 is 0 Å². The van der Waals surface area contributed by atoms with Crippen molar-refractivity contribution in [2.75, 3.05) is 26.2 Å². The maximum Gasteiger partial charge on any atom is 0.238 e. The summed E-state index contributed by atoms with van der Waals surface area (Å²) in [5.74, 6) is -0.703. The summed E-state index contributed by atoms with van der Waals surface area (Å²) in [5, 5.41) is 4.91. The molecule has 0 heterocycles. The van der Waals surface area contributed by atoms with Gasteiger partial charge in [-0.3, -0.25) is 0 Å². The molecule has 0 saturated heterocycles. The molecule has 1 rings (SSSR count). The molecule has 7 heteroatoms. The fourth-order valence-electron chi connectivity index (χ4n) is 1.60. The van der Waals surface area contributed by atoms with Crippen LogP contribution in [-0.4, -0.2) is 39.6 Å². The minimum atomic E-state index is -3.89. The van der Waals surface area contributed by atoms with Crippen LogP contribution in [-0.2, 0) is 10.0 Å². The molecular formula is C12H19FN2O3S. The summed E-state index contributed by atoms with van der Waals surface area (Å²) < 4.78 is 41.0. The molecule has 0 unspecified atom stereocenters. The van der Waals surface area contributed by atoms with E-state index in [9.17, 15) is 12.8 Å². The molecule has 0 fully saturated rings. The van der Waals surface area contributed by atoms with Crippen LogP contribution < -0.4 is 9.88 Å². The van der Waals surface area contributed by atoms with E-state index in [1.807, 2.05) is 13.8 Å². The van der Waals surface area contributed by atoms with Gasteiger partial charge in [-0.25, -0.2) is 17.9 Å². The minimum absolute atomic E-state index is 0.0274. The van der Waals surface area contributed by atoms with E-state index in [0.29, 0.717) is 13.2 Å². The van der Waals surface area contributed by atoms with E-state index in [2.05, 4.69) is 4.90 Å². The fourth-order valence-corrected chi connectivity index (χ4v) is 2.13. The van der Waals surface area contributed by atoms with Crippen molar-refractivity contribution in [1.82, 2.24) is 4.90 Å². The summed E-state index contributed by atoms with van der Waals surface area (Å²) in [6.07, 6.45) is 0. The molecule has 108 valence electrons. The summed E-state index contributed by atoms with van der Waals surface area (Å²) >= 11 is 0. The van der Waals surface area contributed by atoms with E-state index in [1.165, 1.54) is 12.1 Å². The van der Waals surface area contributed by atoms with Crippen molar-refractivity contribution >= 4 is 10.0 Å². The van der Waals surface area contributed by atoms with Gasteiger partial charge in [-0.15, -0.1) is 0 Å². The van der Waals surface area contributed by atoms with Crippen LogP contribution in [0, 0.1) is 5.82 Å². The van der Waals surface area contributed by atoms with Crippen LogP contribution in [0.25, 0.3) is 0 Å². The molecule has 0 saturated carbocycles. The first kappa shape index (κ1) is 15.9. The highest BCUT2D eigenvalue weighted by atomic mass is 32.2. The highest BCUT2D eigenvalue weighted by molar-refractivity contribution is 7.89. The van der Waals surface area contributed by atoms with Crippen LogP contribution in [0.2, 0.25) is 0 Å². The molecule has 19 heavy (non-hydrogen) atoms. The summed E-state index contributed by atoms with van der Waals surface area (Å²) in [5.41, 5.74) is 0. The summed E-state index contributed by atoms with van der Waals surface area (Å²) in [6, 6.07) is 3.37. The van der Waals surface area contributed by atoms with Crippen LogP contribution in [0.15, 0.2) is 23.1 Å². The minimum Gasteiger partial charge on any atom is -0.489 e. The zero-order chi connectivity index (χ0) is 14.5. The standard InChI is InChI=1S/C12H19FN2O3S/c1-3-15(4-2)7-8-18-12-6-5-10(9-11(12)13)19(14,16)17/h5-6,9H,3-4,7-8H2,1-2H3,(H2,14,16,17). The lowest BCUT2D eigenvalue weighted by atomic mass is 10.3. The van der Waals surface area contributed by atoms with Crippen LogP contribution in [0.4, 0.5) is 4.39 Å². The van der Waals surface area contributed by atoms with Crippen LogP contribution in [0.5, 0.6) is 5.75 Å². The number of hydrogen-bond acceptors (Lipinski definition) is 4. The van der Waals surface area contributed by atoms with Crippen LogP contribution >= 0.6 is 0 Å². The van der Waals surface area contributed by atoms with Gasteiger partial charge < -0.3 is 9.64 Å². The average Bonchev–Trinajstić information content (AvgIpc) is 2.35. The van der Waals surface area contributed by atoms with Crippen molar-refractivity contribution in [1.29, 1.82) is 0 Å². The van der Waals surface area contributed by atoms with Gasteiger partial charge in [-0.2, -0.15) is 0 Å². The monoisotopic (exact) mass is 290 g/mol. The maximum atomic E-state index is 13.6. The Kier molecular flexibility index (Phi) is 5.71. The molecule has 0 aliphatic rings. The highest BCUT2D eigenvalue weighted by Crippen LogP contribution is 2.20. The zero-order valence-electron chi connectivity index (χ0n) is 11.1. The van der Waals surface area contributed by atoms with Crippen molar-refractivity contribution in [2.24, 2.45) is 5.14 Å². The number of hydrogen-bond donors (Lipinski definition) is 1. The Morgan fingerprint density at radius 3 is 2.42 bits per heavy atom. The number of primary sulfonamides is 1. The third kappa shape index (κ3) is 4.77. The zero-order valence-corrected chi connectivity index (χ0v) is 11.9. The van der Waals surface area contributed by atoms with Gasteiger partial charge in [0, 0.05) is 6.54 Å². The molecule has 0 spiro atoms. The second kappa shape index (κ2) is 6.83. The van der Waals surface area contributed by atoms with Gasteiger partial charge in [-0.05, 0) is 31.3 Å². The van der Waals surface area contributed by atoms with E-state index in [4.69, 9.17) is 9.88 Å². The molecule has 5 nitrogen and oxygen atoms in total. The Hall–Kier alpha value is -1.18. The maximum absolute atomic E-state index is 13.6. The molecule has 2 N–H and O–H groups in total. The molecule has 1 aromatic carbocycles. The predicted octanol–water partition coefficient (Wildman–Crippen LogP) is 1.19. The number of rotatable bonds is 7. The van der Waals surface area contributed by atoms with Crippen molar-refractivity contribution in [3.8, 4) is 5.75 Å². The Morgan fingerprint density at radius 2 is 1.95 bits per heavy atom. The molecule has 0 amide bonds. The molecule has 1 aromatic rings. The Labute approximate surface area is 113 Å². The highest BCUT2D eigenvalue weighted by Gasteiger charge is 2.12. The van der Waals surface area contributed by atoms with Crippen molar-refractivity contribution in [3.05, 3.63) is 24.0 Å². The number of nitrogens with two attached hydrogens (primary N) is 1. The van der Waals surface area contributed by atoms with Crippen molar-refractivity contribution in [2.45, 2.75) is 18.7 Å². The molecule has 0 radical (unpaired) electrons. The Morgan fingerprint density at radius 1 is 1.32 bits per heavy atom. The first-order chi connectivity index (χ1) is 8.88. The number of halogens is 1. The summed E-state index contributed by atoms with van der Waals surface area (Å²) in [4.78, 5) is 1.87. The lowest BCUT2D eigenvalue weighted by Gasteiger charge is -2.18. The number of sulfonamides is 1. The smallest absolute Gasteiger partial charge is 0.238 e. The van der Waals surface area contributed by atoms with Gasteiger partial charge in [0.2, 0.25) is 10.0 Å². The van der Waals surface area contributed by atoms with E-state index in [1.54, 1.807) is 0 Å². The first-order valence-corrected chi connectivity index (χ1v) is 7.60. The van der Waals surface area contributed by atoms with E-state index in [0.717, 1.165) is 19.2 Å². The van der Waals surface area contributed by atoms with E-state index in [-0.39, 0.29) is 10.6 Å². The normalized spacial score (nSPS) is 11.8. The third-order valence-electron chi connectivity index (χ3n) is 2.79. The van der Waals surface area contributed by atoms with Gasteiger partial charge in [0.1, 0.15) is 6.61 Å². The fraction of sp³-hybridized carbons (Fsp3) is 0.500. The van der Waals surface area contributed by atoms with Crippen molar-refractivity contribution < 1.29 is 17.5 Å². The molecular weight excluding hydrogens is 271 g/mol. The molecule has 0 aliphatic heterocycles. The topological polar surface area (TPSA) is 72.6 Å². The van der Waals surface area contributed by atoms with Crippen LogP contribution in [0.1, 0.15) is 13.8 Å². The van der Waals surface area contributed by atoms with Gasteiger partial charge in [0.15, 0.2) is 11.6 Å². The van der Waals surface area contributed by atoms with E-state index >= 15 is 0 Å². The number of ether oxygens (including phenoxy) is 1. The average molecular weight is 290 g/mol. The molecule has 0 aromatic heterocycles. The molecule has 0 aliphatic carbocycles. The Bertz CT molecular complexity index is 516. The lowest BCUT2D eigenvalue weighted by molar-refractivity contribution is 0.217. The first-order valence-electron chi connectivity index (χ1n) is 6.06. The molecule has 0 bridgehead atoms. The van der Waals surface area contributed by atoms with Crippen molar-refractivity contribution in [3.63, 3.8) is 0 Å². The third-order valence-corrected chi connectivity index (χ3v) is 3.70. The number of benzene rings is 1. The second-order valence-electron chi connectivity index (χ2n) is 4.01. The SMILES string of the molecule is CCN(CC)CCOc1ccc(S(N)(=O)=O)cc1F. The van der Waals surface area contributed by atoms with Gasteiger partial charge in [0.05, 0.1) is 4.90 Å². The summed E-state index contributed by atoms with van der Waals surface area (Å²) in [7, 11) is -3.89.